The first-order valence-corrected chi connectivity index (χ1v) is 9.06. The van der Waals surface area contributed by atoms with Gasteiger partial charge < -0.3 is 24.7 Å². The Bertz CT molecular complexity index is 657. The van der Waals surface area contributed by atoms with Crippen molar-refractivity contribution in [2.24, 2.45) is 11.8 Å². The van der Waals surface area contributed by atoms with E-state index < -0.39 is 10.5 Å². The van der Waals surface area contributed by atoms with E-state index in [1.807, 2.05) is 20.8 Å². The molecule has 1 aromatic rings. The molecule has 0 unspecified atom stereocenters. The molecule has 0 bridgehead atoms. The summed E-state index contributed by atoms with van der Waals surface area (Å²) in [6, 6.07) is 3.21. The van der Waals surface area contributed by atoms with E-state index in [0.29, 0.717) is 11.8 Å². The zero-order chi connectivity index (χ0) is 18.9. The van der Waals surface area contributed by atoms with Crippen molar-refractivity contribution >= 4 is 17.6 Å². The van der Waals surface area contributed by atoms with Crippen molar-refractivity contribution in [3.63, 3.8) is 0 Å². The maximum absolute atomic E-state index is 12.0. The second-order valence-electron chi connectivity index (χ2n) is 8.10. The molecule has 0 N–H and O–H groups in total. The van der Waals surface area contributed by atoms with Crippen LogP contribution in [0.3, 0.4) is 0 Å². The average Bonchev–Trinajstić information content (AvgIpc) is 2.52. The van der Waals surface area contributed by atoms with E-state index in [0.717, 1.165) is 44.7 Å². The third-order valence-corrected chi connectivity index (χ3v) is 5.05. The van der Waals surface area contributed by atoms with Crippen molar-refractivity contribution in [3.8, 4) is 0 Å². The van der Waals surface area contributed by atoms with E-state index >= 15 is 0 Å². The van der Waals surface area contributed by atoms with Gasteiger partial charge in [-0.05, 0) is 61.4 Å². The van der Waals surface area contributed by atoms with Gasteiger partial charge in [-0.25, -0.2) is 4.79 Å². The number of hydrogen-bond acceptors (Lipinski definition) is 6. The number of nitro groups is 1. The number of anilines is 1. The summed E-state index contributed by atoms with van der Waals surface area (Å²) >= 11 is 0. The summed E-state index contributed by atoms with van der Waals surface area (Å²) in [5.74, 6) is 1.02. The molecule has 3 rings (SSSR count). The number of pyridine rings is 1. The predicted molar refractivity (Wildman–Crippen MR) is 97.1 cm³/mol. The number of aromatic nitrogens is 1. The molecule has 3 heterocycles. The van der Waals surface area contributed by atoms with Crippen LogP contribution in [0.15, 0.2) is 18.3 Å². The molecule has 8 heteroatoms. The van der Waals surface area contributed by atoms with Crippen molar-refractivity contribution in [1.82, 2.24) is 9.88 Å². The molecule has 2 aliphatic rings. The van der Waals surface area contributed by atoms with Crippen molar-refractivity contribution in [2.45, 2.75) is 39.2 Å². The minimum atomic E-state index is -0.483. The molecule has 2 saturated heterocycles. The molecule has 142 valence electrons. The Morgan fingerprint density at radius 3 is 2.38 bits per heavy atom. The molecule has 0 radical (unpaired) electrons. The van der Waals surface area contributed by atoms with E-state index in [1.165, 1.54) is 6.07 Å². The first-order valence-electron chi connectivity index (χ1n) is 9.06. The van der Waals surface area contributed by atoms with Crippen LogP contribution < -0.4 is 4.90 Å². The van der Waals surface area contributed by atoms with E-state index in [-0.39, 0.29) is 11.9 Å². The first kappa shape index (κ1) is 18.4. The lowest BCUT2D eigenvalue weighted by atomic mass is 9.80. The van der Waals surface area contributed by atoms with Crippen LogP contribution in [-0.2, 0) is 4.74 Å². The van der Waals surface area contributed by atoms with Crippen LogP contribution in [0.2, 0.25) is 0 Å². The summed E-state index contributed by atoms with van der Waals surface area (Å²) in [6.07, 6.45) is 3.47. The minimum absolute atomic E-state index is 0.125. The first-order chi connectivity index (χ1) is 12.2. The minimum Gasteiger partial charge on any atom is -0.444 e. The van der Waals surface area contributed by atoms with E-state index in [1.54, 1.807) is 17.2 Å². The number of nitrogens with zero attached hydrogens (tertiary/aromatic N) is 4. The Labute approximate surface area is 153 Å². The largest absolute Gasteiger partial charge is 0.444 e. The second kappa shape index (κ2) is 7.09. The van der Waals surface area contributed by atoms with Gasteiger partial charge in [0.25, 0.3) is 0 Å². The lowest BCUT2D eigenvalue weighted by Gasteiger charge is -2.46. The van der Waals surface area contributed by atoms with Crippen molar-refractivity contribution in [1.29, 1.82) is 0 Å². The lowest BCUT2D eigenvalue weighted by Crippen LogP contribution is -2.55. The van der Waals surface area contributed by atoms with Gasteiger partial charge in [0.2, 0.25) is 0 Å². The molecule has 0 atom stereocenters. The van der Waals surface area contributed by atoms with Gasteiger partial charge in [0.05, 0.1) is 5.69 Å². The van der Waals surface area contributed by atoms with Crippen molar-refractivity contribution in [3.05, 3.63) is 28.4 Å². The highest BCUT2D eigenvalue weighted by Crippen LogP contribution is 2.34. The second-order valence-corrected chi connectivity index (χ2v) is 8.10. The van der Waals surface area contributed by atoms with Crippen molar-refractivity contribution in [2.75, 3.05) is 31.1 Å². The van der Waals surface area contributed by atoms with Gasteiger partial charge in [-0.3, -0.25) is 0 Å². The highest BCUT2D eigenvalue weighted by molar-refractivity contribution is 5.69. The summed E-state index contributed by atoms with van der Waals surface area (Å²) in [5.41, 5.74) is 0.477. The Morgan fingerprint density at radius 2 is 1.88 bits per heavy atom. The molecule has 26 heavy (non-hydrogen) atoms. The zero-order valence-corrected chi connectivity index (χ0v) is 15.6. The third kappa shape index (κ3) is 4.23. The lowest BCUT2D eigenvalue weighted by molar-refractivity contribution is -0.389. The number of likely N-dealkylation sites (tertiary alicyclic amines) is 1. The smallest absolute Gasteiger partial charge is 0.410 e. The number of carbonyl (C=O) groups is 1. The summed E-state index contributed by atoms with van der Waals surface area (Å²) < 4.78 is 5.40. The maximum Gasteiger partial charge on any atom is 0.410 e. The highest BCUT2D eigenvalue weighted by Gasteiger charge is 2.39. The van der Waals surface area contributed by atoms with Gasteiger partial charge in [-0.15, -0.1) is 0 Å². The van der Waals surface area contributed by atoms with Crippen LogP contribution in [-0.4, -0.2) is 52.7 Å². The third-order valence-electron chi connectivity index (χ3n) is 5.05. The fourth-order valence-corrected chi connectivity index (χ4v) is 3.59. The number of piperidine rings is 1. The van der Waals surface area contributed by atoms with Gasteiger partial charge >= 0.3 is 11.9 Å². The van der Waals surface area contributed by atoms with E-state index in [2.05, 4.69) is 9.88 Å². The number of carbonyl (C=O) groups excluding carboxylic acids is 1. The summed E-state index contributed by atoms with van der Waals surface area (Å²) in [7, 11) is 0. The van der Waals surface area contributed by atoms with Crippen LogP contribution in [0.5, 0.6) is 0 Å². The summed E-state index contributed by atoms with van der Waals surface area (Å²) in [5, 5.41) is 10.7. The van der Waals surface area contributed by atoms with Crippen LogP contribution >= 0.6 is 0 Å². The van der Waals surface area contributed by atoms with Crippen molar-refractivity contribution < 1.29 is 14.5 Å². The van der Waals surface area contributed by atoms with E-state index in [9.17, 15) is 14.9 Å². The topological polar surface area (TPSA) is 88.8 Å². The van der Waals surface area contributed by atoms with Crippen LogP contribution in [0.25, 0.3) is 0 Å². The summed E-state index contributed by atoms with van der Waals surface area (Å²) in [4.78, 5) is 30.1. The highest BCUT2D eigenvalue weighted by atomic mass is 16.6. The van der Waals surface area contributed by atoms with Crippen LogP contribution in [0.4, 0.5) is 16.3 Å². The molecule has 2 fully saturated rings. The van der Waals surface area contributed by atoms with Gasteiger partial charge in [-0.2, -0.15) is 0 Å². The number of rotatable bonds is 3. The molecule has 0 aromatic carbocycles. The predicted octanol–water partition coefficient (Wildman–Crippen LogP) is 3.07. The Hall–Kier alpha value is -2.38. The van der Waals surface area contributed by atoms with Gasteiger partial charge in [-0.1, -0.05) is 0 Å². The SMILES string of the molecule is CC(C)(C)OC(=O)N1CC(C2CCN(c3ccc([N+](=O)[O-])nc3)CC2)C1. The molecular formula is C18H26N4O4. The number of hydrogen-bond donors (Lipinski definition) is 0. The van der Waals surface area contributed by atoms with Gasteiger partial charge in [0, 0.05) is 32.2 Å². The molecule has 0 spiro atoms. The van der Waals surface area contributed by atoms with E-state index in [4.69, 9.17) is 4.74 Å². The van der Waals surface area contributed by atoms with Gasteiger partial charge in [0.15, 0.2) is 6.20 Å². The fraction of sp³-hybridized carbons (Fsp3) is 0.667. The molecule has 0 saturated carbocycles. The molecule has 1 amide bonds. The van der Waals surface area contributed by atoms with Crippen LogP contribution in [0.1, 0.15) is 33.6 Å². The molecule has 1 aromatic heterocycles. The quantitative estimate of drug-likeness (QED) is 0.606. The number of ether oxygens (including phenoxy) is 1. The Kier molecular flexibility index (Phi) is 5.02. The van der Waals surface area contributed by atoms with Gasteiger partial charge in [0.1, 0.15) is 5.60 Å². The Morgan fingerprint density at radius 1 is 1.23 bits per heavy atom. The van der Waals surface area contributed by atoms with Crippen LogP contribution in [0, 0.1) is 22.0 Å². The normalized spacial score (nSPS) is 19.2. The standard InChI is InChI=1S/C18H26N4O4/c1-18(2,3)26-17(23)21-11-14(12-21)13-6-8-20(9-7-13)15-4-5-16(19-10-15)22(24)25/h4-5,10,13-14H,6-9,11-12H2,1-3H3. The monoisotopic (exact) mass is 362 g/mol. The molecule has 8 nitrogen and oxygen atoms in total. The molecule has 2 aliphatic heterocycles. The zero-order valence-electron chi connectivity index (χ0n) is 15.6. The fourth-order valence-electron chi connectivity index (χ4n) is 3.59. The number of amides is 1. The average molecular weight is 362 g/mol. The summed E-state index contributed by atoms with van der Waals surface area (Å²) in [6.45, 7) is 9.01. The molecular weight excluding hydrogens is 336 g/mol. The maximum atomic E-state index is 12.0. The Balaban J connectivity index is 1.45. The molecule has 0 aliphatic carbocycles.